The predicted octanol–water partition coefficient (Wildman–Crippen LogP) is 4.32. The first kappa shape index (κ1) is 16.6. The zero-order valence-electron chi connectivity index (χ0n) is 14.0. The van der Waals surface area contributed by atoms with Crippen LogP contribution in [0.1, 0.15) is 21.9 Å². The Morgan fingerprint density at radius 1 is 1.21 bits per heavy atom. The summed E-state index contributed by atoms with van der Waals surface area (Å²) in [7, 11) is 0. The van der Waals surface area contributed by atoms with E-state index in [1.807, 2.05) is 0 Å². The Morgan fingerprint density at radius 3 is 2.75 bits per heavy atom. The summed E-state index contributed by atoms with van der Waals surface area (Å²) in [5.41, 5.74) is 0.508. The van der Waals surface area contributed by atoms with Gasteiger partial charge in [-0.3, -0.25) is 14.9 Å². The average Bonchev–Trinajstić information content (AvgIpc) is 3.06. The van der Waals surface area contributed by atoms with Crippen molar-refractivity contribution in [3.05, 3.63) is 91.1 Å². The molecule has 1 N–H and O–H groups in total. The number of aromatic nitrogens is 2. The third-order valence-corrected chi connectivity index (χ3v) is 5.95. The van der Waals surface area contributed by atoms with E-state index in [1.54, 1.807) is 24.3 Å². The van der Waals surface area contributed by atoms with Crippen LogP contribution in [0.15, 0.2) is 53.6 Å². The summed E-state index contributed by atoms with van der Waals surface area (Å²) in [4.78, 5) is 30.4. The van der Waals surface area contributed by atoms with Gasteiger partial charge in [-0.1, -0.05) is 18.2 Å². The van der Waals surface area contributed by atoms with Crippen LogP contribution in [0, 0.1) is 15.9 Å². The number of nitro benzene ring substituents is 1. The number of halogens is 1. The Labute approximate surface area is 160 Å². The first-order valence-electron chi connectivity index (χ1n) is 8.25. The van der Waals surface area contributed by atoms with Crippen LogP contribution in [0.4, 0.5) is 10.1 Å². The Balaban J connectivity index is 1.81. The van der Waals surface area contributed by atoms with Gasteiger partial charge in [0.1, 0.15) is 5.82 Å². The van der Waals surface area contributed by atoms with E-state index in [0.717, 1.165) is 0 Å². The second kappa shape index (κ2) is 5.96. The second-order valence-corrected chi connectivity index (χ2v) is 7.30. The molecule has 0 amide bonds. The fraction of sp³-hybridized carbons (Fsp3) is 0.0526. The summed E-state index contributed by atoms with van der Waals surface area (Å²) >= 11 is 1.20. The summed E-state index contributed by atoms with van der Waals surface area (Å²) in [6, 6.07) is 10.6. The summed E-state index contributed by atoms with van der Waals surface area (Å²) < 4.78 is 20.7. The molecule has 1 aliphatic rings. The molecule has 4 aromatic rings. The number of H-pyrrole nitrogens is 1. The van der Waals surface area contributed by atoms with E-state index in [0.29, 0.717) is 26.3 Å². The van der Waals surface area contributed by atoms with Gasteiger partial charge < -0.3 is 9.72 Å². The molecule has 3 heterocycles. The van der Waals surface area contributed by atoms with Crippen molar-refractivity contribution < 1.29 is 14.1 Å². The van der Waals surface area contributed by atoms with Crippen molar-refractivity contribution in [2.75, 3.05) is 0 Å². The number of aromatic amines is 1. The molecule has 2 aromatic carbocycles. The van der Waals surface area contributed by atoms with Gasteiger partial charge in [-0.15, -0.1) is 11.3 Å². The molecule has 0 spiro atoms. The van der Waals surface area contributed by atoms with Crippen molar-refractivity contribution in [2.24, 2.45) is 0 Å². The normalized spacial score (nSPS) is 15.0. The molecule has 9 heteroatoms. The van der Waals surface area contributed by atoms with Crippen molar-refractivity contribution >= 4 is 27.1 Å². The standard InChI is InChI=1S/C19H10FN3O4S/c20-12-3-1-2-11-15-17(28-16(11)12)13(9-4-6-10(7-5-9)23(25)26)14-18(24)21-8-22-19(14)27-15/h1-8,13H,(H,21,22,24). The zero-order valence-corrected chi connectivity index (χ0v) is 14.8. The minimum Gasteiger partial charge on any atom is -0.437 e. The van der Waals surface area contributed by atoms with Gasteiger partial charge in [0.15, 0.2) is 5.75 Å². The van der Waals surface area contributed by atoms with Crippen LogP contribution in [0.3, 0.4) is 0 Å². The van der Waals surface area contributed by atoms with E-state index in [1.165, 1.54) is 35.9 Å². The minimum atomic E-state index is -0.575. The van der Waals surface area contributed by atoms with Crippen LogP contribution in [0.5, 0.6) is 11.6 Å². The van der Waals surface area contributed by atoms with E-state index in [-0.39, 0.29) is 28.5 Å². The minimum absolute atomic E-state index is 0.0567. The van der Waals surface area contributed by atoms with E-state index >= 15 is 0 Å². The van der Waals surface area contributed by atoms with Crippen LogP contribution >= 0.6 is 11.3 Å². The first-order valence-corrected chi connectivity index (χ1v) is 9.07. The van der Waals surface area contributed by atoms with Crippen molar-refractivity contribution in [1.82, 2.24) is 9.97 Å². The number of hydrogen-bond acceptors (Lipinski definition) is 6. The molecule has 1 unspecified atom stereocenters. The van der Waals surface area contributed by atoms with E-state index in [9.17, 15) is 19.3 Å². The lowest BCUT2D eigenvalue weighted by atomic mass is 9.89. The molecule has 138 valence electrons. The number of nitrogens with one attached hydrogen (secondary N) is 1. The Hall–Kier alpha value is -3.59. The van der Waals surface area contributed by atoms with Crippen LogP contribution in [0.2, 0.25) is 0 Å². The molecule has 1 aliphatic heterocycles. The monoisotopic (exact) mass is 395 g/mol. The topological polar surface area (TPSA) is 98.1 Å². The summed E-state index contributed by atoms with van der Waals surface area (Å²) in [5.74, 6) is -0.361. The maximum atomic E-state index is 14.3. The Morgan fingerprint density at radius 2 is 2.00 bits per heavy atom. The molecule has 0 fully saturated rings. The quantitative estimate of drug-likeness (QED) is 0.355. The highest BCUT2D eigenvalue weighted by molar-refractivity contribution is 7.19. The predicted molar refractivity (Wildman–Crippen MR) is 101 cm³/mol. The van der Waals surface area contributed by atoms with Gasteiger partial charge in [-0.05, 0) is 17.7 Å². The number of ether oxygens (including phenoxy) is 1. The summed E-state index contributed by atoms with van der Waals surface area (Å²) in [6.45, 7) is 0. The number of thiophene rings is 1. The van der Waals surface area contributed by atoms with Gasteiger partial charge in [0, 0.05) is 17.5 Å². The highest BCUT2D eigenvalue weighted by Crippen LogP contribution is 2.52. The Bertz CT molecular complexity index is 1310. The van der Waals surface area contributed by atoms with E-state index < -0.39 is 10.8 Å². The van der Waals surface area contributed by atoms with Gasteiger partial charge >= 0.3 is 0 Å². The molecular formula is C19H10FN3O4S. The number of benzene rings is 2. The SMILES string of the molecule is O=c1[nH]cnc2c1C(c1ccc([N+](=O)[O-])cc1)c1sc3c(F)cccc3c1O2. The Kier molecular flexibility index (Phi) is 3.53. The van der Waals surface area contributed by atoms with Crippen molar-refractivity contribution in [1.29, 1.82) is 0 Å². The van der Waals surface area contributed by atoms with E-state index in [2.05, 4.69) is 9.97 Å². The second-order valence-electron chi connectivity index (χ2n) is 6.25. The number of hydrogen-bond donors (Lipinski definition) is 1. The van der Waals surface area contributed by atoms with Crippen LogP contribution in [-0.4, -0.2) is 14.9 Å². The molecule has 28 heavy (non-hydrogen) atoms. The molecule has 0 radical (unpaired) electrons. The molecule has 0 aliphatic carbocycles. The average molecular weight is 395 g/mol. The number of rotatable bonds is 2. The zero-order chi connectivity index (χ0) is 19.4. The van der Waals surface area contributed by atoms with Crippen LogP contribution in [0.25, 0.3) is 10.1 Å². The molecular weight excluding hydrogens is 385 g/mol. The number of nitrogens with zero attached hydrogens (tertiary/aromatic N) is 2. The molecule has 0 bridgehead atoms. The molecule has 5 rings (SSSR count). The van der Waals surface area contributed by atoms with Crippen molar-refractivity contribution in [3.8, 4) is 11.6 Å². The fourth-order valence-corrected chi connectivity index (χ4v) is 4.71. The van der Waals surface area contributed by atoms with Crippen molar-refractivity contribution in [3.63, 3.8) is 0 Å². The van der Waals surface area contributed by atoms with Gasteiger partial charge in [0.05, 0.1) is 32.3 Å². The highest BCUT2D eigenvalue weighted by atomic mass is 32.1. The third kappa shape index (κ3) is 2.33. The van der Waals surface area contributed by atoms with Gasteiger partial charge in [-0.2, -0.15) is 0 Å². The number of nitro groups is 1. The summed E-state index contributed by atoms with van der Waals surface area (Å²) in [6.07, 6.45) is 1.24. The lowest BCUT2D eigenvalue weighted by Crippen LogP contribution is -2.22. The van der Waals surface area contributed by atoms with Crippen molar-refractivity contribution in [2.45, 2.75) is 5.92 Å². The lowest BCUT2D eigenvalue weighted by molar-refractivity contribution is -0.384. The number of fused-ring (bicyclic) bond motifs is 4. The fourth-order valence-electron chi connectivity index (χ4n) is 3.44. The van der Waals surface area contributed by atoms with Gasteiger partial charge in [-0.25, -0.2) is 9.37 Å². The largest absolute Gasteiger partial charge is 0.437 e. The van der Waals surface area contributed by atoms with Gasteiger partial charge in [0.2, 0.25) is 5.88 Å². The van der Waals surface area contributed by atoms with E-state index in [4.69, 9.17) is 4.74 Å². The smallest absolute Gasteiger partial charge is 0.269 e. The molecule has 2 aromatic heterocycles. The molecule has 0 saturated carbocycles. The molecule has 1 atom stereocenters. The first-order chi connectivity index (χ1) is 13.5. The molecule has 0 saturated heterocycles. The number of non-ortho nitro benzene ring substituents is 1. The maximum Gasteiger partial charge on any atom is 0.269 e. The van der Waals surface area contributed by atoms with Crippen LogP contribution < -0.4 is 10.3 Å². The molecule has 7 nitrogen and oxygen atoms in total. The highest BCUT2D eigenvalue weighted by Gasteiger charge is 2.36. The lowest BCUT2D eigenvalue weighted by Gasteiger charge is -2.24. The third-order valence-electron chi connectivity index (χ3n) is 4.69. The van der Waals surface area contributed by atoms with Crippen LogP contribution in [-0.2, 0) is 0 Å². The maximum absolute atomic E-state index is 14.3. The van der Waals surface area contributed by atoms with Gasteiger partial charge in [0.25, 0.3) is 11.2 Å². The summed E-state index contributed by atoms with van der Waals surface area (Å²) in [5, 5.41) is 11.6.